The van der Waals surface area contributed by atoms with Crippen LogP contribution in [0.2, 0.25) is 5.02 Å². The Kier molecular flexibility index (Phi) is 6.26. The Morgan fingerprint density at radius 1 is 1.50 bits per heavy atom. The lowest BCUT2D eigenvalue weighted by Gasteiger charge is -2.22. The summed E-state index contributed by atoms with van der Waals surface area (Å²) >= 11 is 5.78. The third-order valence-corrected chi connectivity index (χ3v) is 4.00. The van der Waals surface area contributed by atoms with E-state index in [-0.39, 0.29) is 22.9 Å². The second kappa shape index (κ2) is 7.22. The summed E-state index contributed by atoms with van der Waals surface area (Å²) in [7, 11) is -0.863. The van der Waals surface area contributed by atoms with Gasteiger partial charge < -0.3 is 5.32 Å². The van der Waals surface area contributed by atoms with E-state index in [2.05, 4.69) is 5.32 Å². The van der Waals surface area contributed by atoms with Crippen molar-refractivity contribution in [3.8, 4) is 0 Å². The quantitative estimate of drug-likeness (QED) is 0.871. The van der Waals surface area contributed by atoms with Gasteiger partial charge in [0.15, 0.2) is 0 Å². The molecule has 0 spiro atoms. The fourth-order valence-electron chi connectivity index (χ4n) is 1.96. The van der Waals surface area contributed by atoms with Gasteiger partial charge in [-0.15, -0.1) is 0 Å². The van der Waals surface area contributed by atoms with Crippen molar-refractivity contribution < 1.29 is 8.60 Å². The molecule has 0 aliphatic heterocycles. The van der Waals surface area contributed by atoms with Crippen LogP contribution in [0.15, 0.2) is 18.2 Å². The third-order valence-electron chi connectivity index (χ3n) is 2.74. The molecule has 1 aromatic carbocycles. The monoisotopic (exact) mass is 291 g/mol. The van der Waals surface area contributed by atoms with E-state index in [9.17, 15) is 8.60 Å². The number of rotatable bonds is 6. The SMILES string of the molecule is CC[C@H](N[C@@H](C)C[S@](C)=O)c1cccc(Cl)c1F. The average Bonchev–Trinajstić information content (AvgIpc) is 2.29. The van der Waals surface area contributed by atoms with Crippen LogP contribution < -0.4 is 5.32 Å². The molecule has 18 heavy (non-hydrogen) atoms. The highest BCUT2D eigenvalue weighted by atomic mass is 35.5. The van der Waals surface area contributed by atoms with Gasteiger partial charge in [-0.25, -0.2) is 4.39 Å². The van der Waals surface area contributed by atoms with Crippen molar-refractivity contribution in [2.24, 2.45) is 0 Å². The van der Waals surface area contributed by atoms with Crippen LogP contribution in [0.5, 0.6) is 0 Å². The Bertz CT molecular complexity index is 427. The molecule has 102 valence electrons. The first-order valence-electron chi connectivity index (χ1n) is 5.95. The van der Waals surface area contributed by atoms with E-state index in [0.717, 1.165) is 6.42 Å². The molecule has 0 aliphatic rings. The van der Waals surface area contributed by atoms with E-state index in [0.29, 0.717) is 11.3 Å². The van der Waals surface area contributed by atoms with Gasteiger partial charge in [-0.3, -0.25) is 4.21 Å². The van der Waals surface area contributed by atoms with Gasteiger partial charge in [0.25, 0.3) is 0 Å². The second-order valence-corrected chi connectivity index (χ2v) is 6.30. The normalized spacial score (nSPS) is 16.3. The van der Waals surface area contributed by atoms with Gasteiger partial charge in [0.1, 0.15) is 5.82 Å². The van der Waals surface area contributed by atoms with Gasteiger partial charge in [-0.2, -0.15) is 0 Å². The maximum Gasteiger partial charge on any atom is 0.146 e. The molecule has 0 unspecified atom stereocenters. The van der Waals surface area contributed by atoms with Crippen molar-refractivity contribution in [1.29, 1.82) is 0 Å². The molecule has 1 aromatic rings. The lowest BCUT2D eigenvalue weighted by atomic mass is 10.0. The van der Waals surface area contributed by atoms with Crippen molar-refractivity contribution in [2.45, 2.75) is 32.4 Å². The minimum atomic E-state index is -0.863. The van der Waals surface area contributed by atoms with Gasteiger partial charge in [0, 0.05) is 40.5 Å². The van der Waals surface area contributed by atoms with Crippen LogP contribution in [0.1, 0.15) is 31.9 Å². The van der Waals surface area contributed by atoms with Crippen LogP contribution in [-0.2, 0) is 10.8 Å². The predicted molar refractivity (Wildman–Crippen MR) is 76.0 cm³/mol. The first-order chi connectivity index (χ1) is 8.45. The van der Waals surface area contributed by atoms with E-state index in [1.807, 2.05) is 13.8 Å². The minimum absolute atomic E-state index is 0.0687. The fraction of sp³-hybridized carbons (Fsp3) is 0.538. The summed E-state index contributed by atoms with van der Waals surface area (Å²) < 4.78 is 25.1. The lowest BCUT2D eigenvalue weighted by molar-refractivity contribution is 0.449. The van der Waals surface area contributed by atoms with Gasteiger partial charge >= 0.3 is 0 Å². The second-order valence-electron chi connectivity index (χ2n) is 4.41. The summed E-state index contributed by atoms with van der Waals surface area (Å²) in [5.74, 6) is 0.182. The van der Waals surface area contributed by atoms with Crippen molar-refractivity contribution in [3.63, 3.8) is 0 Å². The maximum absolute atomic E-state index is 13.9. The molecule has 0 amide bonds. The van der Waals surface area contributed by atoms with E-state index >= 15 is 0 Å². The van der Waals surface area contributed by atoms with Crippen LogP contribution >= 0.6 is 11.6 Å². The number of hydrogen-bond donors (Lipinski definition) is 1. The van der Waals surface area contributed by atoms with Gasteiger partial charge in [-0.05, 0) is 19.4 Å². The zero-order valence-corrected chi connectivity index (χ0v) is 12.4. The van der Waals surface area contributed by atoms with Crippen molar-refractivity contribution >= 4 is 22.4 Å². The van der Waals surface area contributed by atoms with Gasteiger partial charge in [0.2, 0.25) is 0 Å². The van der Waals surface area contributed by atoms with Gasteiger partial charge in [0.05, 0.1) is 5.02 Å². The first-order valence-corrected chi connectivity index (χ1v) is 8.06. The Morgan fingerprint density at radius 3 is 2.72 bits per heavy atom. The highest BCUT2D eigenvalue weighted by Gasteiger charge is 2.18. The summed E-state index contributed by atoms with van der Waals surface area (Å²) in [5.41, 5.74) is 0.568. The minimum Gasteiger partial charge on any atom is -0.306 e. The summed E-state index contributed by atoms with van der Waals surface area (Å²) in [4.78, 5) is 0. The Hall–Kier alpha value is -0.450. The molecule has 0 fully saturated rings. The molecule has 3 atom stereocenters. The highest BCUT2D eigenvalue weighted by Crippen LogP contribution is 2.25. The van der Waals surface area contributed by atoms with Crippen molar-refractivity contribution in [1.82, 2.24) is 5.32 Å². The fourth-order valence-corrected chi connectivity index (χ4v) is 2.94. The summed E-state index contributed by atoms with van der Waals surface area (Å²) in [5, 5.41) is 3.43. The molecule has 0 radical (unpaired) electrons. The summed E-state index contributed by atoms with van der Waals surface area (Å²) in [6, 6.07) is 4.98. The molecule has 0 saturated heterocycles. The zero-order valence-electron chi connectivity index (χ0n) is 10.9. The van der Waals surface area contributed by atoms with E-state index in [4.69, 9.17) is 11.6 Å². The molecule has 0 saturated carbocycles. The zero-order chi connectivity index (χ0) is 13.7. The van der Waals surface area contributed by atoms with Crippen LogP contribution in [0, 0.1) is 5.82 Å². The molecule has 0 aliphatic carbocycles. The van der Waals surface area contributed by atoms with E-state index in [1.165, 1.54) is 6.07 Å². The van der Waals surface area contributed by atoms with Crippen molar-refractivity contribution in [3.05, 3.63) is 34.6 Å². The summed E-state index contributed by atoms with van der Waals surface area (Å²) in [6.45, 7) is 3.93. The predicted octanol–water partition coefficient (Wildman–Crippen LogP) is 3.29. The smallest absolute Gasteiger partial charge is 0.146 e. The van der Waals surface area contributed by atoms with Gasteiger partial charge in [-0.1, -0.05) is 30.7 Å². The Morgan fingerprint density at radius 2 is 2.17 bits per heavy atom. The molecule has 0 heterocycles. The molecule has 0 aromatic heterocycles. The van der Waals surface area contributed by atoms with Crippen LogP contribution in [0.4, 0.5) is 4.39 Å². The standard InChI is InChI=1S/C13H19ClFNOS/c1-4-12(16-9(2)8-18(3)17)10-6-5-7-11(14)13(10)15/h5-7,9,12,16H,4,8H2,1-3H3/t9-,12-,18-/m0/s1. The molecule has 1 rings (SSSR count). The number of halogens is 2. The molecule has 2 nitrogen and oxygen atoms in total. The molecule has 1 N–H and O–H groups in total. The molecular formula is C13H19ClFNOS. The topological polar surface area (TPSA) is 29.1 Å². The summed E-state index contributed by atoms with van der Waals surface area (Å²) in [6.07, 6.45) is 2.41. The van der Waals surface area contributed by atoms with E-state index in [1.54, 1.807) is 18.4 Å². The highest BCUT2D eigenvalue weighted by molar-refractivity contribution is 7.84. The average molecular weight is 292 g/mol. The number of nitrogens with one attached hydrogen (secondary N) is 1. The molecule has 5 heteroatoms. The largest absolute Gasteiger partial charge is 0.306 e. The third kappa shape index (κ3) is 4.34. The number of hydrogen-bond acceptors (Lipinski definition) is 2. The van der Waals surface area contributed by atoms with E-state index < -0.39 is 10.8 Å². The van der Waals surface area contributed by atoms with Crippen LogP contribution in [-0.4, -0.2) is 22.3 Å². The first kappa shape index (κ1) is 15.6. The van der Waals surface area contributed by atoms with Crippen LogP contribution in [0.25, 0.3) is 0 Å². The molecular weight excluding hydrogens is 273 g/mol. The molecule has 0 bridgehead atoms. The maximum atomic E-state index is 13.9. The Balaban J connectivity index is 2.83. The van der Waals surface area contributed by atoms with Crippen LogP contribution in [0.3, 0.4) is 0 Å². The number of benzene rings is 1. The Labute approximate surface area is 115 Å². The lowest BCUT2D eigenvalue weighted by Crippen LogP contribution is -2.34. The van der Waals surface area contributed by atoms with Crippen molar-refractivity contribution in [2.75, 3.05) is 12.0 Å².